The maximum Gasteiger partial charge on any atom is 0.387 e. The minimum Gasteiger partial charge on any atom is -0.434 e. The average Bonchev–Trinajstić information content (AvgIpc) is 2.67. The number of aliphatic imine (C=N–C) groups is 1. The van der Waals surface area contributed by atoms with Crippen molar-refractivity contribution >= 4 is 35.8 Å². The van der Waals surface area contributed by atoms with Crippen molar-refractivity contribution in [3.8, 4) is 5.75 Å². The van der Waals surface area contributed by atoms with E-state index in [2.05, 4.69) is 25.7 Å². The van der Waals surface area contributed by atoms with Gasteiger partial charge in [0.2, 0.25) is 5.91 Å². The van der Waals surface area contributed by atoms with E-state index in [0.29, 0.717) is 37.1 Å². The van der Waals surface area contributed by atoms with Crippen molar-refractivity contribution in [3.05, 3.63) is 29.8 Å². The summed E-state index contributed by atoms with van der Waals surface area (Å²) >= 11 is 0. The molecule has 0 heterocycles. The molecule has 1 aromatic rings. The van der Waals surface area contributed by atoms with Gasteiger partial charge in [-0.1, -0.05) is 37.5 Å². The lowest BCUT2D eigenvalue weighted by Crippen LogP contribution is -2.41. The van der Waals surface area contributed by atoms with Gasteiger partial charge in [-0.3, -0.25) is 4.79 Å². The molecular formula is C20H31F2IN4O2. The molecule has 164 valence electrons. The number of hydrogen-bond donors (Lipinski definition) is 3. The summed E-state index contributed by atoms with van der Waals surface area (Å²) < 4.78 is 29.5. The molecule has 0 bridgehead atoms. The molecule has 29 heavy (non-hydrogen) atoms. The Labute approximate surface area is 188 Å². The van der Waals surface area contributed by atoms with Gasteiger partial charge < -0.3 is 20.7 Å². The number of guanidine groups is 1. The number of benzene rings is 1. The Kier molecular flexibility index (Phi) is 12.6. The lowest BCUT2D eigenvalue weighted by Gasteiger charge is -2.22. The van der Waals surface area contributed by atoms with E-state index in [-0.39, 0.29) is 42.2 Å². The molecule has 1 saturated carbocycles. The summed E-state index contributed by atoms with van der Waals surface area (Å²) in [4.78, 5) is 16.5. The molecule has 0 unspecified atom stereocenters. The van der Waals surface area contributed by atoms with E-state index in [0.717, 1.165) is 12.8 Å². The van der Waals surface area contributed by atoms with Crippen LogP contribution in [0.15, 0.2) is 29.3 Å². The lowest BCUT2D eigenvalue weighted by molar-refractivity contribution is -0.121. The quantitative estimate of drug-likeness (QED) is 0.261. The number of nitrogens with one attached hydrogen (secondary N) is 3. The Balaban J connectivity index is 0.00000420. The number of carbonyl (C=O) groups is 1. The number of hydrogen-bond acceptors (Lipinski definition) is 3. The fourth-order valence-electron chi connectivity index (χ4n) is 3.19. The normalized spacial score (nSPS) is 14.8. The molecule has 0 saturated heterocycles. The second-order valence-corrected chi connectivity index (χ2v) is 6.76. The minimum atomic E-state index is -2.88. The Bertz CT molecular complexity index is 641. The first-order valence-corrected chi connectivity index (χ1v) is 9.92. The second kappa shape index (κ2) is 14.4. The molecule has 3 N–H and O–H groups in total. The number of rotatable bonds is 9. The number of carbonyl (C=O) groups excluding carboxylic acids is 1. The van der Waals surface area contributed by atoms with Crippen LogP contribution in [0.1, 0.15) is 51.0 Å². The Morgan fingerprint density at radius 2 is 1.93 bits per heavy atom. The number of amides is 1. The molecule has 1 fully saturated rings. The van der Waals surface area contributed by atoms with Gasteiger partial charge >= 0.3 is 6.61 Å². The predicted molar refractivity (Wildman–Crippen MR) is 121 cm³/mol. The topological polar surface area (TPSA) is 74.8 Å². The fraction of sp³-hybridized carbons (Fsp3) is 0.600. The van der Waals surface area contributed by atoms with Gasteiger partial charge in [-0.15, -0.1) is 24.0 Å². The van der Waals surface area contributed by atoms with Crippen molar-refractivity contribution in [1.29, 1.82) is 0 Å². The molecule has 1 aliphatic rings. The van der Waals surface area contributed by atoms with Gasteiger partial charge in [-0.05, 0) is 25.8 Å². The Morgan fingerprint density at radius 1 is 1.21 bits per heavy atom. The van der Waals surface area contributed by atoms with E-state index in [1.807, 2.05) is 6.92 Å². The molecule has 2 rings (SSSR count). The van der Waals surface area contributed by atoms with E-state index in [9.17, 15) is 13.6 Å². The molecule has 1 aliphatic carbocycles. The van der Waals surface area contributed by atoms with Gasteiger partial charge in [0.15, 0.2) is 5.96 Å². The zero-order valence-electron chi connectivity index (χ0n) is 16.8. The summed E-state index contributed by atoms with van der Waals surface area (Å²) in [6.45, 7) is 0.335. The Morgan fingerprint density at radius 3 is 2.62 bits per heavy atom. The van der Waals surface area contributed by atoms with E-state index in [1.54, 1.807) is 18.2 Å². The van der Waals surface area contributed by atoms with E-state index < -0.39 is 6.61 Å². The van der Waals surface area contributed by atoms with E-state index in [1.165, 1.54) is 25.3 Å². The van der Waals surface area contributed by atoms with Crippen molar-refractivity contribution in [2.75, 3.05) is 13.1 Å². The van der Waals surface area contributed by atoms with Crippen molar-refractivity contribution in [2.45, 2.75) is 64.6 Å². The third-order valence-electron chi connectivity index (χ3n) is 4.56. The van der Waals surface area contributed by atoms with Gasteiger partial charge in [0.1, 0.15) is 5.75 Å². The summed E-state index contributed by atoms with van der Waals surface area (Å²) in [6.07, 6.45) is 6.08. The third-order valence-corrected chi connectivity index (χ3v) is 4.56. The first-order chi connectivity index (χ1) is 13.6. The summed E-state index contributed by atoms with van der Waals surface area (Å²) in [5, 5.41) is 9.28. The number of halogens is 3. The van der Waals surface area contributed by atoms with Crippen LogP contribution in [0.4, 0.5) is 8.78 Å². The lowest BCUT2D eigenvalue weighted by atomic mass is 9.95. The van der Waals surface area contributed by atoms with Crippen molar-refractivity contribution in [1.82, 2.24) is 16.0 Å². The van der Waals surface area contributed by atoms with Crippen LogP contribution in [0.2, 0.25) is 0 Å². The van der Waals surface area contributed by atoms with Crippen molar-refractivity contribution in [2.24, 2.45) is 4.99 Å². The highest BCUT2D eigenvalue weighted by molar-refractivity contribution is 14.0. The van der Waals surface area contributed by atoms with Crippen LogP contribution in [-0.2, 0) is 11.3 Å². The molecule has 0 aromatic heterocycles. The molecule has 0 radical (unpaired) electrons. The number of ether oxygens (including phenoxy) is 1. The molecule has 0 atom stereocenters. The summed E-state index contributed by atoms with van der Waals surface area (Å²) in [6, 6.07) is 6.88. The first-order valence-electron chi connectivity index (χ1n) is 9.92. The van der Waals surface area contributed by atoms with E-state index >= 15 is 0 Å². The highest BCUT2D eigenvalue weighted by atomic mass is 127. The van der Waals surface area contributed by atoms with E-state index in [4.69, 9.17) is 0 Å². The smallest absolute Gasteiger partial charge is 0.387 e. The van der Waals surface area contributed by atoms with Crippen LogP contribution >= 0.6 is 24.0 Å². The number of nitrogens with zero attached hydrogens (tertiary/aromatic N) is 1. The van der Waals surface area contributed by atoms with Crippen LogP contribution in [0, 0.1) is 0 Å². The summed E-state index contributed by atoms with van der Waals surface area (Å²) in [5.74, 6) is 0.676. The molecule has 9 heteroatoms. The number of alkyl halides is 2. The minimum absolute atomic E-state index is 0. The SMILES string of the molecule is CCNC(=NCc1ccccc1OC(F)F)NCCC(=O)NC1CCCCC1.I. The molecule has 6 nitrogen and oxygen atoms in total. The summed E-state index contributed by atoms with van der Waals surface area (Å²) in [7, 11) is 0. The highest BCUT2D eigenvalue weighted by Crippen LogP contribution is 2.21. The highest BCUT2D eigenvalue weighted by Gasteiger charge is 2.15. The van der Waals surface area contributed by atoms with Crippen LogP contribution in [-0.4, -0.2) is 37.6 Å². The first kappa shape index (κ1) is 25.4. The largest absolute Gasteiger partial charge is 0.434 e. The standard InChI is InChI=1S/C20H30F2N4O2.HI/c1-2-23-20(24-13-12-18(27)26-16-9-4-3-5-10-16)25-14-15-8-6-7-11-17(15)28-19(21)22;/h6-8,11,16,19H,2-5,9-10,12-14H2,1H3,(H,26,27)(H2,23,24,25);1H. The van der Waals surface area contributed by atoms with Gasteiger partial charge in [0.05, 0.1) is 6.54 Å². The number of para-hydroxylation sites is 1. The Hall–Kier alpha value is -1.65. The molecule has 1 amide bonds. The maximum absolute atomic E-state index is 12.5. The van der Waals surface area contributed by atoms with Gasteiger partial charge in [0, 0.05) is 31.1 Å². The average molecular weight is 524 g/mol. The van der Waals surface area contributed by atoms with Crippen molar-refractivity contribution < 1.29 is 18.3 Å². The zero-order valence-corrected chi connectivity index (χ0v) is 19.1. The monoisotopic (exact) mass is 524 g/mol. The van der Waals surface area contributed by atoms with Crippen LogP contribution < -0.4 is 20.7 Å². The second-order valence-electron chi connectivity index (χ2n) is 6.76. The van der Waals surface area contributed by atoms with Crippen molar-refractivity contribution in [3.63, 3.8) is 0 Å². The van der Waals surface area contributed by atoms with Crippen LogP contribution in [0.3, 0.4) is 0 Å². The maximum atomic E-state index is 12.5. The van der Waals surface area contributed by atoms with Crippen LogP contribution in [0.25, 0.3) is 0 Å². The predicted octanol–water partition coefficient (Wildman–Crippen LogP) is 3.80. The molecule has 0 aliphatic heterocycles. The molecule has 1 aromatic carbocycles. The fourth-order valence-corrected chi connectivity index (χ4v) is 3.19. The summed E-state index contributed by atoms with van der Waals surface area (Å²) in [5.41, 5.74) is 0.565. The van der Waals surface area contributed by atoms with Crippen LogP contribution in [0.5, 0.6) is 5.75 Å². The van der Waals surface area contributed by atoms with Gasteiger partial charge in [-0.2, -0.15) is 8.78 Å². The molecule has 0 spiro atoms. The van der Waals surface area contributed by atoms with Gasteiger partial charge in [-0.25, -0.2) is 4.99 Å². The third kappa shape index (κ3) is 10.1. The molecular weight excluding hydrogens is 493 g/mol. The zero-order chi connectivity index (χ0) is 20.2. The van der Waals surface area contributed by atoms with Gasteiger partial charge in [0.25, 0.3) is 0 Å².